The molecule has 0 amide bonds. The van der Waals surface area contributed by atoms with Crippen LogP contribution in [0.1, 0.15) is 21.6 Å². The maximum atomic E-state index is 4.12. The Bertz CT molecular complexity index is 697. The minimum Gasteiger partial charge on any atom is -1.00 e. The first kappa shape index (κ1) is 22.2. The van der Waals surface area contributed by atoms with E-state index in [1.807, 2.05) is 6.07 Å². The van der Waals surface area contributed by atoms with E-state index in [0.29, 0.717) is 0 Å². The molecule has 2 aromatic rings. The quantitative estimate of drug-likeness (QED) is 0.341. The van der Waals surface area contributed by atoms with Crippen LogP contribution < -0.4 is 24.8 Å². The van der Waals surface area contributed by atoms with E-state index in [1.165, 1.54) is 21.6 Å². The van der Waals surface area contributed by atoms with E-state index in [0.717, 1.165) is 4.35 Å². The van der Waals surface area contributed by atoms with Gasteiger partial charge in [-0.3, -0.25) is 0 Å². The van der Waals surface area contributed by atoms with Crippen LogP contribution in [0.4, 0.5) is 0 Å². The molecule has 0 unspecified atom stereocenters. The van der Waals surface area contributed by atoms with Crippen LogP contribution in [0.15, 0.2) is 39.6 Å². The molecule has 1 aromatic carbocycles. The number of hydrogen-bond acceptors (Lipinski definition) is 3. The molecule has 1 aromatic heterocycles. The van der Waals surface area contributed by atoms with Gasteiger partial charge in [-0.1, -0.05) is 20.8 Å². The van der Waals surface area contributed by atoms with Crippen molar-refractivity contribution in [2.45, 2.75) is 20.8 Å². The first-order valence-electron chi connectivity index (χ1n) is 6.52. The molecule has 0 radical (unpaired) electrons. The molecule has 126 valence electrons. The molecule has 0 fully saturated rings. The van der Waals surface area contributed by atoms with Crippen molar-refractivity contribution in [2.24, 2.45) is 9.98 Å². The van der Waals surface area contributed by atoms with Gasteiger partial charge in [-0.2, -0.15) is 34.9 Å². The fourth-order valence-corrected chi connectivity index (χ4v) is 3.82. The van der Waals surface area contributed by atoms with Crippen LogP contribution in [0.3, 0.4) is 0 Å². The van der Waals surface area contributed by atoms with Gasteiger partial charge in [0.25, 0.3) is 0 Å². The van der Waals surface area contributed by atoms with Crippen LogP contribution in [-0.2, 0) is 16.2 Å². The number of halogens is 2. The van der Waals surface area contributed by atoms with Gasteiger partial charge in [0.2, 0.25) is 0 Å². The smallest absolute Gasteiger partial charge is 0.0623 e. The molecule has 0 bridgehead atoms. The zero-order valence-corrected chi connectivity index (χ0v) is 17.1. The standard InChI is InChI=1S/C9H11.C5H4S.C3H2N2.2ClH.Ru/c1-7-5-4-6-8(2)9(7)3;1-5-3-2-4-6-5;1-2-5-3-4-1;;;/h4-5H,1-3H3;1-4H;1-2H;2*1H;/q-1;;;;;/p-2. The van der Waals surface area contributed by atoms with Gasteiger partial charge in [0, 0.05) is 0 Å². The number of aliphatic imine (C=N–C) groups is 2. The van der Waals surface area contributed by atoms with Gasteiger partial charge < -0.3 is 24.8 Å². The Morgan fingerprint density at radius 1 is 1.09 bits per heavy atom. The van der Waals surface area contributed by atoms with Gasteiger partial charge in [0.15, 0.2) is 0 Å². The summed E-state index contributed by atoms with van der Waals surface area (Å²) in [6.45, 7) is 6.33. The minimum absolute atomic E-state index is 0. The average molecular weight is 453 g/mol. The molecule has 3 rings (SSSR count). The summed E-state index contributed by atoms with van der Waals surface area (Å²) in [4.78, 5) is 9.55. The molecule has 2 nitrogen and oxygen atoms in total. The molecule has 0 saturated heterocycles. The fraction of sp³-hybridized carbons (Fsp3) is 0.176. The van der Waals surface area contributed by atoms with Crippen molar-refractivity contribution in [3.8, 4) is 0 Å². The van der Waals surface area contributed by atoms with Crippen LogP contribution >= 0.6 is 11.3 Å². The molecule has 0 atom stereocenters. The summed E-state index contributed by atoms with van der Waals surface area (Å²) in [6, 6.07) is 11.4. The molecule has 6 heteroatoms. The summed E-state index contributed by atoms with van der Waals surface area (Å²) in [6.07, 6.45) is 3.48. The first-order chi connectivity index (χ1) is 10.2. The monoisotopic (exact) mass is 453 g/mol. The van der Waals surface area contributed by atoms with E-state index in [-0.39, 0.29) is 41.0 Å². The maximum Gasteiger partial charge on any atom is -0.0623 e. The van der Waals surface area contributed by atoms with Gasteiger partial charge in [-0.25, -0.2) is 0 Å². The Balaban J connectivity index is 0.000000401. The van der Waals surface area contributed by atoms with Crippen LogP contribution in [-0.4, -0.2) is 21.4 Å². The van der Waals surface area contributed by atoms with E-state index in [2.05, 4.69) is 65.0 Å². The third-order valence-electron chi connectivity index (χ3n) is 3.00. The molecule has 2 heterocycles. The van der Waals surface area contributed by atoms with Gasteiger partial charge in [0.05, 0.1) is 0 Å². The molecular weight excluding hydrogens is 436 g/mol. The maximum absolute atomic E-state index is 4.12. The van der Waals surface area contributed by atoms with Crippen molar-refractivity contribution in [3.63, 3.8) is 0 Å². The average Bonchev–Trinajstić information content (AvgIpc) is 3.16. The van der Waals surface area contributed by atoms with Crippen LogP contribution in [0.25, 0.3) is 0 Å². The van der Waals surface area contributed by atoms with E-state index < -0.39 is 0 Å². The number of thiophene rings is 1. The number of aryl methyl sites for hydroxylation is 2. The number of hydrogen-bond donors (Lipinski definition) is 0. The van der Waals surface area contributed by atoms with E-state index in [1.54, 1.807) is 23.8 Å². The Morgan fingerprint density at radius 2 is 1.78 bits per heavy atom. The van der Waals surface area contributed by atoms with E-state index >= 15 is 0 Å². The second-order valence-electron chi connectivity index (χ2n) is 4.44. The molecule has 0 aliphatic carbocycles. The summed E-state index contributed by atoms with van der Waals surface area (Å²) in [5, 5.41) is 2.08. The van der Waals surface area contributed by atoms with Gasteiger partial charge in [-0.05, 0) is 0 Å². The summed E-state index contributed by atoms with van der Waals surface area (Å²) in [5.74, 6) is 0. The molecule has 23 heavy (non-hydrogen) atoms. The summed E-state index contributed by atoms with van der Waals surface area (Å²) in [5.41, 5.74) is 3.97. The third kappa shape index (κ3) is 7.54. The zero-order chi connectivity index (χ0) is 15.1. The zero-order valence-electron chi connectivity index (χ0n) is 13.0. The van der Waals surface area contributed by atoms with E-state index in [4.69, 9.17) is 0 Å². The number of nitrogens with zero attached hydrogens (tertiary/aromatic N) is 2. The molecule has 0 saturated carbocycles. The first-order valence-corrected chi connectivity index (χ1v) is 9.27. The van der Waals surface area contributed by atoms with Crippen molar-refractivity contribution in [1.82, 2.24) is 0 Å². The topological polar surface area (TPSA) is 24.7 Å². The second kappa shape index (κ2) is 11.7. The van der Waals surface area contributed by atoms with Crippen molar-refractivity contribution in [1.29, 1.82) is 0 Å². The third-order valence-corrected chi connectivity index (χ3v) is 5.83. The normalized spacial score (nSPS) is 11.2. The molecule has 0 N–H and O–H groups in total. The summed E-state index contributed by atoms with van der Waals surface area (Å²) in [7, 11) is 0. The molecule has 0 spiro atoms. The van der Waals surface area contributed by atoms with Gasteiger partial charge >= 0.3 is 81.3 Å². The van der Waals surface area contributed by atoms with Gasteiger partial charge in [0.1, 0.15) is 0 Å². The Hall–Kier alpha value is -0.797. The minimum atomic E-state index is 0. The Labute approximate surface area is 161 Å². The van der Waals surface area contributed by atoms with Crippen LogP contribution in [0.5, 0.6) is 0 Å². The number of benzene rings is 1. The fourth-order valence-electron chi connectivity index (χ4n) is 1.54. The summed E-state index contributed by atoms with van der Waals surface area (Å²) < 4.78 is 3.21. The SMILES string of the molecule is C1=N[C](=[Ru]=[CH]c2cccs2)N=C1.Cc1[c-]ccc(C)c1C.[Cl-].[Cl-]. The largest absolute Gasteiger partial charge is 1.00 e. The summed E-state index contributed by atoms with van der Waals surface area (Å²) >= 11 is 1.80. The van der Waals surface area contributed by atoms with Crippen molar-refractivity contribution in [2.75, 3.05) is 0 Å². The van der Waals surface area contributed by atoms with Crippen molar-refractivity contribution in [3.05, 3.63) is 57.3 Å². The Morgan fingerprint density at radius 3 is 2.30 bits per heavy atom. The second-order valence-corrected chi connectivity index (χ2v) is 7.20. The predicted octanol–water partition coefficient (Wildman–Crippen LogP) is -2.36. The number of rotatable bonds is 1. The van der Waals surface area contributed by atoms with Crippen molar-refractivity contribution >= 4 is 32.7 Å². The van der Waals surface area contributed by atoms with Crippen LogP contribution in [0.2, 0.25) is 0 Å². The molecule has 1 aliphatic rings. The van der Waals surface area contributed by atoms with E-state index in [9.17, 15) is 0 Å². The molecule has 1 aliphatic heterocycles. The van der Waals surface area contributed by atoms with Crippen LogP contribution in [0, 0.1) is 26.8 Å². The van der Waals surface area contributed by atoms with Gasteiger partial charge in [-0.15, -0.1) is 0 Å². The van der Waals surface area contributed by atoms with Crippen molar-refractivity contribution < 1.29 is 41.0 Å². The Kier molecular flexibility index (Phi) is 11.3. The molecular formula is C17H17Cl2N2RuS-3. The predicted molar refractivity (Wildman–Crippen MR) is 91.0 cm³/mol.